The third-order valence-corrected chi connectivity index (χ3v) is 4.33. The lowest BCUT2D eigenvalue weighted by atomic mass is 10.1. The van der Waals surface area contributed by atoms with Crippen molar-refractivity contribution in [3.05, 3.63) is 70.9 Å². The van der Waals surface area contributed by atoms with Crippen molar-refractivity contribution in [3.8, 4) is 11.4 Å². The summed E-state index contributed by atoms with van der Waals surface area (Å²) in [6, 6.07) is 11.1. The van der Waals surface area contributed by atoms with Gasteiger partial charge in [-0.2, -0.15) is 0 Å². The van der Waals surface area contributed by atoms with Crippen LogP contribution in [-0.2, 0) is 11.3 Å². The minimum atomic E-state index is -0.0478. The first-order valence-electron chi connectivity index (χ1n) is 8.29. The summed E-state index contributed by atoms with van der Waals surface area (Å²) in [5.41, 5.74) is 2.86. The monoisotopic (exact) mass is 337 g/mol. The lowest BCUT2D eigenvalue weighted by Crippen LogP contribution is -2.36. The number of hydrogen-bond acceptors (Lipinski definition) is 5. The van der Waals surface area contributed by atoms with Gasteiger partial charge in [-0.15, -0.1) is 5.10 Å². The lowest BCUT2D eigenvalue weighted by Gasteiger charge is -2.27. The molecule has 0 aliphatic carbocycles. The Balaban J connectivity index is 1.75. The van der Waals surface area contributed by atoms with E-state index in [9.17, 15) is 4.79 Å². The van der Waals surface area contributed by atoms with E-state index in [1.807, 2.05) is 30.5 Å². The van der Waals surface area contributed by atoms with Gasteiger partial charge in [0.15, 0.2) is 0 Å². The van der Waals surface area contributed by atoms with Crippen molar-refractivity contribution in [3.63, 3.8) is 0 Å². The van der Waals surface area contributed by atoms with Crippen molar-refractivity contribution in [1.82, 2.24) is 24.5 Å². The predicted octanol–water partition coefficient (Wildman–Crippen LogP) is 1.25. The van der Waals surface area contributed by atoms with Gasteiger partial charge < -0.3 is 4.74 Å². The maximum absolute atomic E-state index is 12.1. The van der Waals surface area contributed by atoms with Gasteiger partial charge in [0.1, 0.15) is 0 Å². The Morgan fingerprint density at radius 3 is 2.72 bits per heavy atom. The van der Waals surface area contributed by atoms with Gasteiger partial charge in [-0.1, -0.05) is 11.3 Å². The van der Waals surface area contributed by atoms with Gasteiger partial charge in [0.25, 0.3) is 5.56 Å². The first-order valence-corrected chi connectivity index (χ1v) is 8.29. The molecule has 3 aromatic rings. The maximum atomic E-state index is 12.1. The van der Waals surface area contributed by atoms with Crippen LogP contribution in [0.4, 0.5) is 0 Å². The molecule has 3 heterocycles. The van der Waals surface area contributed by atoms with E-state index in [0.717, 1.165) is 49.8 Å². The van der Waals surface area contributed by atoms with Gasteiger partial charge in [-0.3, -0.25) is 14.3 Å². The van der Waals surface area contributed by atoms with E-state index >= 15 is 0 Å². The number of nitrogens with zero attached hydrogens (tertiary/aromatic N) is 5. The summed E-state index contributed by atoms with van der Waals surface area (Å²) in [6.07, 6.45) is 5.27. The molecule has 4 rings (SSSR count). The summed E-state index contributed by atoms with van der Waals surface area (Å²) >= 11 is 0. The topological polar surface area (TPSA) is 65.2 Å². The third kappa shape index (κ3) is 3.38. The molecule has 0 radical (unpaired) electrons. The van der Waals surface area contributed by atoms with Crippen LogP contribution in [-0.4, -0.2) is 50.8 Å². The van der Waals surface area contributed by atoms with E-state index in [4.69, 9.17) is 4.74 Å². The predicted molar refractivity (Wildman–Crippen MR) is 93.1 cm³/mol. The van der Waals surface area contributed by atoms with E-state index in [0.29, 0.717) is 0 Å². The van der Waals surface area contributed by atoms with Crippen molar-refractivity contribution in [2.75, 3.05) is 26.3 Å². The number of hydrogen-bond donors (Lipinski definition) is 0. The molecule has 0 unspecified atom stereocenters. The molecule has 0 saturated carbocycles. The highest BCUT2D eigenvalue weighted by molar-refractivity contribution is 5.48. The highest BCUT2D eigenvalue weighted by Gasteiger charge is 2.15. The molecule has 0 bridgehead atoms. The number of rotatable bonds is 4. The molecule has 1 aliphatic heterocycles. The van der Waals surface area contributed by atoms with Crippen LogP contribution in [0, 0.1) is 0 Å². The van der Waals surface area contributed by atoms with Crippen LogP contribution in [0.3, 0.4) is 0 Å². The number of ether oxygens (including phenoxy) is 1. The fourth-order valence-electron chi connectivity index (χ4n) is 3.05. The second kappa shape index (κ2) is 7.00. The number of morpholine rings is 1. The molecule has 0 N–H and O–H groups in total. The first-order chi connectivity index (χ1) is 12.3. The fourth-order valence-corrected chi connectivity index (χ4v) is 3.05. The maximum Gasteiger partial charge on any atom is 0.255 e. The molecule has 25 heavy (non-hydrogen) atoms. The molecule has 0 spiro atoms. The van der Waals surface area contributed by atoms with E-state index in [1.165, 1.54) is 0 Å². The Bertz CT molecular complexity index is 898. The second-order valence-electron chi connectivity index (χ2n) is 5.96. The van der Waals surface area contributed by atoms with Crippen molar-refractivity contribution < 1.29 is 4.74 Å². The first kappa shape index (κ1) is 15.7. The zero-order valence-corrected chi connectivity index (χ0v) is 13.8. The van der Waals surface area contributed by atoms with Gasteiger partial charge in [0, 0.05) is 37.6 Å². The molecule has 7 nitrogen and oxygen atoms in total. The van der Waals surface area contributed by atoms with Crippen molar-refractivity contribution in [2.45, 2.75) is 6.54 Å². The van der Waals surface area contributed by atoms with Gasteiger partial charge >= 0.3 is 0 Å². The summed E-state index contributed by atoms with van der Waals surface area (Å²) in [5.74, 6) is 0. The molecule has 0 atom stereocenters. The largest absolute Gasteiger partial charge is 0.379 e. The molecule has 1 aliphatic rings. The minimum Gasteiger partial charge on any atom is -0.379 e. The Morgan fingerprint density at radius 2 is 1.96 bits per heavy atom. The van der Waals surface area contributed by atoms with Gasteiger partial charge in [0.05, 0.1) is 31.3 Å². The zero-order valence-electron chi connectivity index (χ0n) is 13.8. The molecule has 1 aromatic carbocycles. The molecule has 128 valence electrons. The van der Waals surface area contributed by atoms with E-state index in [2.05, 4.69) is 15.2 Å². The van der Waals surface area contributed by atoms with Crippen LogP contribution in [0.1, 0.15) is 5.56 Å². The Hall–Kier alpha value is -2.77. The van der Waals surface area contributed by atoms with Crippen molar-refractivity contribution in [2.24, 2.45) is 0 Å². The Labute approximate surface area is 145 Å². The lowest BCUT2D eigenvalue weighted by molar-refractivity contribution is 0.0341. The fraction of sp³-hybridized carbons (Fsp3) is 0.278. The van der Waals surface area contributed by atoms with E-state index in [-0.39, 0.29) is 5.56 Å². The SMILES string of the molecule is O=c1ccccn1-c1ccc(-n2ccnn2)c(CN2CCOCC2)c1. The third-order valence-electron chi connectivity index (χ3n) is 4.33. The Morgan fingerprint density at radius 1 is 1.08 bits per heavy atom. The summed E-state index contributed by atoms with van der Waals surface area (Å²) < 4.78 is 8.84. The molecular formula is C18H19N5O2. The minimum absolute atomic E-state index is 0.0478. The highest BCUT2D eigenvalue weighted by Crippen LogP contribution is 2.20. The van der Waals surface area contributed by atoms with Crippen molar-refractivity contribution in [1.29, 1.82) is 0 Å². The summed E-state index contributed by atoms with van der Waals surface area (Å²) in [7, 11) is 0. The normalized spacial score (nSPS) is 15.4. The van der Waals surface area contributed by atoms with E-state index < -0.39 is 0 Å². The molecule has 1 saturated heterocycles. The molecule has 7 heteroatoms. The van der Waals surface area contributed by atoms with Gasteiger partial charge in [-0.05, 0) is 29.8 Å². The number of benzene rings is 1. The molecule has 0 amide bonds. The van der Waals surface area contributed by atoms with Crippen LogP contribution in [0.25, 0.3) is 11.4 Å². The number of pyridine rings is 1. The van der Waals surface area contributed by atoms with Crippen molar-refractivity contribution >= 4 is 0 Å². The smallest absolute Gasteiger partial charge is 0.255 e. The standard InChI is InChI=1S/C18H19N5O2/c24-18-3-1-2-7-22(18)16-4-5-17(23-8-6-19-20-23)15(13-16)14-21-9-11-25-12-10-21/h1-8,13H,9-12,14H2. The summed E-state index contributed by atoms with van der Waals surface area (Å²) in [5, 5.41) is 8.02. The quantitative estimate of drug-likeness (QED) is 0.717. The van der Waals surface area contributed by atoms with Gasteiger partial charge in [-0.25, -0.2) is 4.68 Å². The molecular weight excluding hydrogens is 318 g/mol. The van der Waals surface area contributed by atoms with Crippen LogP contribution < -0.4 is 5.56 Å². The highest BCUT2D eigenvalue weighted by atomic mass is 16.5. The number of aromatic nitrogens is 4. The average molecular weight is 337 g/mol. The molecule has 2 aromatic heterocycles. The van der Waals surface area contributed by atoms with Crippen LogP contribution >= 0.6 is 0 Å². The summed E-state index contributed by atoms with van der Waals surface area (Å²) in [6.45, 7) is 4.06. The van der Waals surface area contributed by atoms with Gasteiger partial charge in [0.2, 0.25) is 0 Å². The van der Waals surface area contributed by atoms with Crippen LogP contribution in [0.5, 0.6) is 0 Å². The zero-order chi connectivity index (χ0) is 17.1. The van der Waals surface area contributed by atoms with E-state index in [1.54, 1.807) is 33.8 Å². The molecule has 1 fully saturated rings. The average Bonchev–Trinajstić information content (AvgIpc) is 3.17. The van der Waals surface area contributed by atoms with Crippen LogP contribution in [0.15, 0.2) is 59.8 Å². The van der Waals surface area contributed by atoms with Crippen LogP contribution in [0.2, 0.25) is 0 Å². The Kier molecular flexibility index (Phi) is 4.41. The second-order valence-corrected chi connectivity index (χ2v) is 5.96. The summed E-state index contributed by atoms with van der Waals surface area (Å²) in [4.78, 5) is 14.5.